The van der Waals surface area contributed by atoms with Gasteiger partial charge in [0.15, 0.2) is 0 Å². The summed E-state index contributed by atoms with van der Waals surface area (Å²) in [5, 5.41) is 3.18. The second-order valence-electron chi connectivity index (χ2n) is 4.66. The zero-order valence-corrected chi connectivity index (χ0v) is 11.8. The fraction of sp³-hybridized carbons (Fsp3) is 0.333. The van der Waals surface area contributed by atoms with Crippen molar-refractivity contribution in [3.05, 3.63) is 48.2 Å². The van der Waals surface area contributed by atoms with Gasteiger partial charge in [0.2, 0.25) is 0 Å². The molecule has 20 heavy (non-hydrogen) atoms. The third kappa shape index (κ3) is 3.91. The highest BCUT2D eigenvalue weighted by Gasteiger charge is 2.05. The lowest BCUT2D eigenvalue weighted by atomic mass is 10.3. The molecule has 5 heteroatoms. The summed E-state index contributed by atoms with van der Waals surface area (Å²) in [6.07, 6.45) is 4.52. The van der Waals surface area contributed by atoms with Crippen LogP contribution in [0.15, 0.2) is 36.7 Å². The van der Waals surface area contributed by atoms with E-state index in [0.717, 1.165) is 30.2 Å². The van der Waals surface area contributed by atoms with Crippen LogP contribution >= 0.6 is 0 Å². The van der Waals surface area contributed by atoms with Gasteiger partial charge in [-0.2, -0.15) is 0 Å². The fourth-order valence-corrected chi connectivity index (χ4v) is 1.83. The van der Waals surface area contributed by atoms with E-state index in [4.69, 9.17) is 0 Å². The molecule has 1 aromatic carbocycles. The zero-order valence-electron chi connectivity index (χ0n) is 11.8. The number of hydrogen-bond acceptors (Lipinski definition) is 4. The third-order valence-corrected chi connectivity index (χ3v) is 2.91. The average molecular weight is 274 g/mol. The van der Waals surface area contributed by atoms with Crippen LogP contribution in [0.4, 0.5) is 15.9 Å². The van der Waals surface area contributed by atoms with Crippen LogP contribution in [0.2, 0.25) is 0 Å². The zero-order chi connectivity index (χ0) is 14.4. The molecule has 2 rings (SSSR count). The van der Waals surface area contributed by atoms with E-state index in [1.54, 1.807) is 18.5 Å². The van der Waals surface area contributed by atoms with Crippen LogP contribution in [-0.4, -0.2) is 23.6 Å². The van der Waals surface area contributed by atoms with Gasteiger partial charge in [0.1, 0.15) is 11.6 Å². The molecular weight excluding hydrogens is 255 g/mol. The lowest BCUT2D eigenvalue weighted by molar-refractivity contribution is 0.627. The molecule has 106 valence electrons. The number of nitrogens with zero attached hydrogens (tertiary/aromatic N) is 3. The molecule has 0 aliphatic carbocycles. The normalized spacial score (nSPS) is 10.3. The van der Waals surface area contributed by atoms with Gasteiger partial charge in [0.25, 0.3) is 0 Å². The fourth-order valence-electron chi connectivity index (χ4n) is 1.83. The van der Waals surface area contributed by atoms with Crippen LogP contribution in [0, 0.1) is 5.82 Å². The summed E-state index contributed by atoms with van der Waals surface area (Å²) in [7, 11) is 1.90. The Morgan fingerprint density at radius 3 is 2.75 bits per heavy atom. The minimum absolute atomic E-state index is 0.237. The Kier molecular flexibility index (Phi) is 4.87. The highest BCUT2D eigenvalue weighted by Crippen LogP contribution is 2.15. The van der Waals surface area contributed by atoms with Gasteiger partial charge < -0.3 is 10.2 Å². The second kappa shape index (κ2) is 6.84. The van der Waals surface area contributed by atoms with E-state index in [9.17, 15) is 4.39 Å². The SMILES string of the molecule is CCCNc1cnc(CN(C)c2cccc(F)c2)cn1. The quantitative estimate of drug-likeness (QED) is 0.879. The van der Waals surface area contributed by atoms with Crippen LogP contribution in [0.3, 0.4) is 0 Å². The maximum absolute atomic E-state index is 13.2. The Morgan fingerprint density at radius 2 is 2.10 bits per heavy atom. The lowest BCUT2D eigenvalue weighted by Gasteiger charge is -2.18. The lowest BCUT2D eigenvalue weighted by Crippen LogP contribution is -2.17. The summed E-state index contributed by atoms with van der Waals surface area (Å²) in [5.41, 5.74) is 1.67. The van der Waals surface area contributed by atoms with Crippen molar-refractivity contribution in [1.29, 1.82) is 0 Å². The highest BCUT2D eigenvalue weighted by molar-refractivity contribution is 5.45. The third-order valence-electron chi connectivity index (χ3n) is 2.91. The second-order valence-corrected chi connectivity index (χ2v) is 4.66. The average Bonchev–Trinajstić information content (AvgIpc) is 2.46. The molecule has 0 aliphatic rings. The standard InChI is InChI=1S/C15H19FN4/c1-3-7-17-15-10-18-13(9-19-15)11-20(2)14-6-4-5-12(16)8-14/h4-6,8-10H,3,7,11H2,1-2H3,(H,17,19). The highest BCUT2D eigenvalue weighted by atomic mass is 19.1. The molecule has 0 bridgehead atoms. The van der Waals surface area contributed by atoms with Crippen LogP contribution < -0.4 is 10.2 Å². The van der Waals surface area contributed by atoms with E-state index in [0.29, 0.717) is 6.54 Å². The number of nitrogens with one attached hydrogen (secondary N) is 1. The van der Waals surface area contributed by atoms with Crippen molar-refractivity contribution < 1.29 is 4.39 Å². The van der Waals surface area contributed by atoms with Gasteiger partial charge in [-0.25, -0.2) is 9.37 Å². The van der Waals surface area contributed by atoms with Crippen LogP contribution in [0.1, 0.15) is 19.0 Å². The van der Waals surface area contributed by atoms with E-state index >= 15 is 0 Å². The number of rotatable bonds is 6. The van der Waals surface area contributed by atoms with Crippen molar-refractivity contribution in [2.45, 2.75) is 19.9 Å². The largest absolute Gasteiger partial charge is 0.369 e. The van der Waals surface area contributed by atoms with E-state index in [1.807, 2.05) is 18.0 Å². The van der Waals surface area contributed by atoms with Crippen molar-refractivity contribution in [1.82, 2.24) is 9.97 Å². The van der Waals surface area contributed by atoms with Gasteiger partial charge in [-0.15, -0.1) is 0 Å². The summed E-state index contributed by atoms with van der Waals surface area (Å²) in [5.74, 6) is 0.545. The Bertz CT molecular complexity index is 542. The number of benzene rings is 1. The van der Waals surface area contributed by atoms with E-state index in [2.05, 4.69) is 22.2 Å². The molecule has 0 saturated carbocycles. The van der Waals surface area contributed by atoms with Crippen LogP contribution in [0.25, 0.3) is 0 Å². The molecule has 0 saturated heterocycles. The first-order valence-electron chi connectivity index (χ1n) is 6.70. The van der Waals surface area contributed by atoms with Crippen LogP contribution in [-0.2, 0) is 6.54 Å². The van der Waals surface area contributed by atoms with Crippen molar-refractivity contribution >= 4 is 11.5 Å². The van der Waals surface area contributed by atoms with Gasteiger partial charge in [-0.05, 0) is 24.6 Å². The Morgan fingerprint density at radius 1 is 1.25 bits per heavy atom. The first-order valence-corrected chi connectivity index (χ1v) is 6.70. The summed E-state index contributed by atoms with van der Waals surface area (Å²) < 4.78 is 13.2. The Balaban J connectivity index is 1.99. The minimum atomic E-state index is -0.237. The molecule has 0 spiro atoms. The topological polar surface area (TPSA) is 41.1 Å². The smallest absolute Gasteiger partial charge is 0.144 e. The summed E-state index contributed by atoms with van der Waals surface area (Å²) in [4.78, 5) is 10.6. The molecule has 1 heterocycles. The Labute approximate surface area is 118 Å². The van der Waals surface area contributed by atoms with Gasteiger partial charge in [0, 0.05) is 19.3 Å². The molecule has 0 atom stereocenters. The van der Waals surface area contributed by atoms with Gasteiger partial charge >= 0.3 is 0 Å². The summed E-state index contributed by atoms with van der Waals surface area (Å²) >= 11 is 0. The predicted octanol–water partition coefficient (Wildman–Crippen LogP) is 3.07. The van der Waals surface area contributed by atoms with Crippen LogP contribution in [0.5, 0.6) is 0 Å². The predicted molar refractivity (Wildman–Crippen MR) is 79.3 cm³/mol. The van der Waals surface area contributed by atoms with Crippen molar-refractivity contribution in [3.8, 4) is 0 Å². The van der Waals surface area contributed by atoms with Gasteiger partial charge in [0.05, 0.1) is 24.6 Å². The van der Waals surface area contributed by atoms with Crippen molar-refractivity contribution in [2.24, 2.45) is 0 Å². The molecule has 1 aromatic heterocycles. The number of hydrogen-bond donors (Lipinski definition) is 1. The van der Waals surface area contributed by atoms with Crippen molar-refractivity contribution in [3.63, 3.8) is 0 Å². The van der Waals surface area contributed by atoms with E-state index < -0.39 is 0 Å². The number of halogens is 1. The molecule has 0 amide bonds. The first kappa shape index (κ1) is 14.2. The maximum atomic E-state index is 13.2. The first-order chi connectivity index (χ1) is 9.69. The molecular formula is C15H19FN4. The molecule has 4 nitrogen and oxygen atoms in total. The number of anilines is 2. The molecule has 0 aliphatic heterocycles. The van der Waals surface area contributed by atoms with Gasteiger partial charge in [-0.1, -0.05) is 13.0 Å². The summed E-state index contributed by atoms with van der Waals surface area (Å²) in [6, 6.07) is 6.51. The monoisotopic (exact) mass is 274 g/mol. The van der Waals surface area contributed by atoms with E-state index in [1.165, 1.54) is 12.1 Å². The summed E-state index contributed by atoms with van der Waals surface area (Å²) in [6.45, 7) is 3.57. The molecule has 0 radical (unpaired) electrons. The molecule has 0 unspecified atom stereocenters. The van der Waals surface area contributed by atoms with Crippen molar-refractivity contribution in [2.75, 3.05) is 23.8 Å². The molecule has 1 N–H and O–H groups in total. The number of aromatic nitrogens is 2. The maximum Gasteiger partial charge on any atom is 0.144 e. The molecule has 0 fully saturated rings. The Hall–Kier alpha value is -2.17. The molecule has 2 aromatic rings. The van der Waals surface area contributed by atoms with Gasteiger partial charge in [-0.3, -0.25) is 4.98 Å². The minimum Gasteiger partial charge on any atom is -0.369 e. The van der Waals surface area contributed by atoms with E-state index in [-0.39, 0.29) is 5.82 Å².